The van der Waals surface area contributed by atoms with Crippen molar-refractivity contribution in [3.8, 4) is 11.3 Å². The molecule has 0 saturated heterocycles. The van der Waals surface area contributed by atoms with E-state index in [0.717, 1.165) is 17.1 Å². The molecule has 0 atom stereocenters. The van der Waals surface area contributed by atoms with Crippen molar-refractivity contribution < 1.29 is 18.7 Å². The van der Waals surface area contributed by atoms with Gasteiger partial charge in [-0.15, -0.1) is 0 Å². The maximum atomic E-state index is 14.6. The summed E-state index contributed by atoms with van der Waals surface area (Å²) in [6.07, 6.45) is 2.26. The Bertz CT molecular complexity index is 1400. The minimum atomic E-state index is -0.589. The first-order chi connectivity index (χ1) is 15.9. The molecular formula is C24H20FN5O3. The molecule has 2 aromatic carbocycles. The molecule has 2 aromatic heterocycles. The summed E-state index contributed by atoms with van der Waals surface area (Å²) in [4.78, 5) is 31.8. The first kappa shape index (κ1) is 21.7. The van der Waals surface area contributed by atoms with Gasteiger partial charge >= 0.3 is 5.97 Å². The normalized spacial score (nSPS) is 10.6. The van der Waals surface area contributed by atoms with Crippen molar-refractivity contribution in [3.05, 3.63) is 78.9 Å². The predicted octanol–water partition coefficient (Wildman–Crippen LogP) is 4.43. The molecule has 0 aliphatic heterocycles. The van der Waals surface area contributed by atoms with Gasteiger partial charge in [-0.05, 0) is 36.4 Å². The summed E-state index contributed by atoms with van der Waals surface area (Å²) in [5, 5.41) is 6.50. The van der Waals surface area contributed by atoms with Crippen LogP contribution >= 0.6 is 0 Å². The number of hydrogen-bond acceptors (Lipinski definition) is 6. The molecular weight excluding hydrogens is 425 g/mol. The third-order valence-corrected chi connectivity index (χ3v) is 5.03. The van der Waals surface area contributed by atoms with E-state index in [2.05, 4.69) is 27.2 Å². The number of rotatable bonds is 6. The highest BCUT2D eigenvalue weighted by Crippen LogP contribution is 2.28. The van der Waals surface area contributed by atoms with Crippen LogP contribution in [0.1, 0.15) is 10.5 Å². The van der Waals surface area contributed by atoms with Crippen LogP contribution in [-0.2, 0) is 16.6 Å². The summed E-state index contributed by atoms with van der Waals surface area (Å²) in [5.41, 5.74) is 2.91. The van der Waals surface area contributed by atoms with Gasteiger partial charge in [0.25, 0.3) is 0 Å². The van der Waals surface area contributed by atoms with Crippen molar-refractivity contribution >= 4 is 40.1 Å². The number of nitrogens with one attached hydrogen (secondary N) is 2. The largest absolute Gasteiger partial charge is 0.464 e. The van der Waals surface area contributed by atoms with Crippen molar-refractivity contribution in [2.75, 3.05) is 17.7 Å². The maximum Gasteiger partial charge on any atom is 0.354 e. The van der Waals surface area contributed by atoms with E-state index in [1.54, 1.807) is 60.1 Å². The molecule has 8 nitrogen and oxygen atoms in total. The van der Waals surface area contributed by atoms with Crippen molar-refractivity contribution in [1.82, 2.24) is 14.5 Å². The molecule has 0 fully saturated rings. The fourth-order valence-corrected chi connectivity index (χ4v) is 3.40. The zero-order valence-electron chi connectivity index (χ0n) is 17.9. The number of carbonyl (C=O) groups excluding carboxylic acids is 2. The molecule has 4 rings (SSSR count). The van der Waals surface area contributed by atoms with E-state index in [9.17, 15) is 14.0 Å². The average Bonchev–Trinajstić information content (AvgIpc) is 3.15. The highest BCUT2D eigenvalue weighted by atomic mass is 19.1. The van der Waals surface area contributed by atoms with Gasteiger partial charge in [0.05, 0.1) is 13.3 Å². The standard InChI is InChI=1S/C24H20FN5O3/c1-4-21(31)27-16-6-5-7-17(12-16)28-24-26-13-18(25)22(29-24)15-9-8-14-10-20(23(32)33-3)30(2)19(14)11-15/h4-13H,1H2,2-3H3,(H,27,31)(H,26,28,29). The minimum Gasteiger partial charge on any atom is -0.464 e. The molecule has 0 aliphatic carbocycles. The smallest absolute Gasteiger partial charge is 0.354 e. The number of fused-ring (bicyclic) bond motifs is 1. The summed E-state index contributed by atoms with van der Waals surface area (Å²) >= 11 is 0. The zero-order valence-corrected chi connectivity index (χ0v) is 17.9. The Hall–Kier alpha value is -4.53. The number of carbonyl (C=O) groups is 2. The molecule has 1 amide bonds. The van der Waals surface area contributed by atoms with Gasteiger partial charge in [0, 0.05) is 34.9 Å². The van der Waals surface area contributed by atoms with Gasteiger partial charge in [-0.3, -0.25) is 4.79 Å². The van der Waals surface area contributed by atoms with Crippen LogP contribution < -0.4 is 10.6 Å². The molecule has 4 aromatic rings. The Morgan fingerprint density at radius 2 is 1.94 bits per heavy atom. The second-order valence-electron chi connectivity index (χ2n) is 7.14. The lowest BCUT2D eigenvalue weighted by Gasteiger charge is -2.10. The predicted molar refractivity (Wildman–Crippen MR) is 124 cm³/mol. The van der Waals surface area contributed by atoms with E-state index < -0.39 is 11.8 Å². The lowest BCUT2D eigenvalue weighted by Crippen LogP contribution is -2.07. The maximum absolute atomic E-state index is 14.6. The van der Waals surface area contributed by atoms with Crippen LogP contribution in [0.4, 0.5) is 21.7 Å². The van der Waals surface area contributed by atoms with Gasteiger partial charge in [-0.2, -0.15) is 0 Å². The zero-order chi connectivity index (χ0) is 23.5. The van der Waals surface area contributed by atoms with Gasteiger partial charge < -0.3 is 19.9 Å². The van der Waals surface area contributed by atoms with Gasteiger partial charge in [-0.1, -0.05) is 24.8 Å². The fraction of sp³-hybridized carbons (Fsp3) is 0.0833. The van der Waals surface area contributed by atoms with Crippen LogP contribution in [0.2, 0.25) is 0 Å². The monoisotopic (exact) mass is 445 g/mol. The molecule has 0 radical (unpaired) electrons. The SMILES string of the molecule is C=CC(=O)Nc1cccc(Nc2ncc(F)c(-c3ccc4cc(C(=O)OC)n(C)c4c3)n2)c1. The molecule has 0 bridgehead atoms. The van der Waals surface area contributed by atoms with Gasteiger partial charge in [-0.25, -0.2) is 19.2 Å². The number of halogens is 1. The van der Waals surface area contributed by atoms with Crippen LogP contribution in [0.3, 0.4) is 0 Å². The van der Waals surface area contributed by atoms with E-state index in [-0.39, 0.29) is 17.5 Å². The third-order valence-electron chi connectivity index (χ3n) is 5.03. The highest BCUT2D eigenvalue weighted by Gasteiger charge is 2.16. The fourth-order valence-electron chi connectivity index (χ4n) is 3.40. The van der Waals surface area contributed by atoms with Crippen LogP contribution in [0.25, 0.3) is 22.2 Å². The topological polar surface area (TPSA) is 98.1 Å². The molecule has 0 unspecified atom stereocenters. The van der Waals surface area contributed by atoms with Gasteiger partial charge in [0.15, 0.2) is 5.82 Å². The number of anilines is 3. The van der Waals surface area contributed by atoms with Crippen LogP contribution in [0.5, 0.6) is 0 Å². The number of benzene rings is 2. The van der Waals surface area contributed by atoms with Crippen molar-refractivity contribution in [1.29, 1.82) is 0 Å². The highest BCUT2D eigenvalue weighted by molar-refractivity contribution is 5.99. The minimum absolute atomic E-state index is 0.103. The van der Waals surface area contributed by atoms with Crippen LogP contribution in [0, 0.1) is 5.82 Å². The number of methoxy groups -OCH3 is 1. The average molecular weight is 445 g/mol. The van der Waals surface area contributed by atoms with E-state index in [4.69, 9.17) is 4.74 Å². The lowest BCUT2D eigenvalue weighted by atomic mass is 10.1. The van der Waals surface area contributed by atoms with Crippen LogP contribution in [0.15, 0.2) is 67.4 Å². The summed E-state index contributed by atoms with van der Waals surface area (Å²) in [7, 11) is 3.05. The summed E-state index contributed by atoms with van der Waals surface area (Å²) in [6.45, 7) is 3.42. The lowest BCUT2D eigenvalue weighted by molar-refractivity contribution is -0.111. The Labute approximate surface area is 188 Å². The Morgan fingerprint density at radius 3 is 2.70 bits per heavy atom. The molecule has 9 heteroatoms. The van der Waals surface area contributed by atoms with Gasteiger partial charge in [0.2, 0.25) is 11.9 Å². The molecule has 33 heavy (non-hydrogen) atoms. The second-order valence-corrected chi connectivity index (χ2v) is 7.14. The Morgan fingerprint density at radius 1 is 1.15 bits per heavy atom. The number of hydrogen-bond donors (Lipinski definition) is 2. The number of ether oxygens (including phenoxy) is 1. The number of esters is 1. The first-order valence-electron chi connectivity index (χ1n) is 9.91. The number of aromatic nitrogens is 3. The molecule has 2 N–H and O–H groups in total. The first-order valence-corrected chi connectivity index (χ1v) is 9.91. The second kappa shape index (κ2) is 8.91. The quantitative estimate of drug-likeness (QED) is 0.337. The summed E-state index contributed by atoms with van der Waals surface area (Å²) < 4.78 is 21.1. The number of amides is 1. The third kappa shape index (κ3) is 4.42. The van der Waals surface area contributed by atoms with Crippen molar-refractivity contribution in [2.24, 2.45) is 7.05 Å². The number of aryl methyl sites for hydroxylation is 1. The molecule has 0 spiro atoms. The van der Waals surface area contributed by atoms with E-state index >= 15 is 0 Å². The summed E-state index contributed by atoms with van der Waals surface area (Å²) in [5.74, 6) is -1.20. The van der Waals surface area contributed by atoms with Gasteiger partial charge in [0.1, 0.15) is 11.4 Å². The Balaban J connectivity index is 1.67. The molecule has 0 aliphatic rings. The van der Waals surface area contributed by atoms with E-state index in [1.165, 1.54) is 13.2 Å². The van der Waals surface area contributed by atoms with Crippen molar-refractivity contribution in [3.63, 3.8) is 0 Å². The molecule has 166 valence electrons. The summed E-state index contributed by atoms with van der Waals surface area (Å²) in [6, 6.07) is 13.9. The van der Waals surface area contributed by atoms with E-state index in [1.807, 2.05) is 0 Å². The molecule has 2 heterocycles. The number of nitrogens with zero attached hydrogens (tertiary/aromatic N) is 3. The van der Waals surface area contributed by atoms with Crippen LogP contribution in [-0.4, -0.2) is 33.5 Å². The Kier molecular flexibility index (Phi) is 5.86. The van der Waals surface area contributed by atoms with E-state index in [0.29, 0.717) is 22.6 Å². The molecule has 0 saturated carbocycles. The van der Waals surface area contributed by atoms with Crippen molar-refractivity contribution in [2.45, 2.75) is 0 Å².